The molecule has 3 nitrogen and oxygen atoms in total. The summed E-state index contributed by atoms with van der Waals surface area (Å²) in [5.74, 6) is 1.91. The minimum atomic E-state index is -0.217. The summed E-state index contributed by atoms with van der Waals surface area (Å²) in [4.78, 5) is 5.29. The number of fused-ring (bicyclic) bond motifs is 7. The van der Waals surface area contributed by atoms with Gasteiger partial charge in [-0.1, -0.05) is 97.1 Å². The largest absolute Gasteiger partial charge is 0.457 e. The van der Waals surface area contributed by atoms with E-state index in [-0.39, 0.29) is 5.41 Å². The van der Waals surface area contributed by atoms with Crippen LogP contribution in [0.5, 0.6) is 0 Å². The van der Waals surface area contributed by atoms with E-state index in [1.807, 2.05) is 6.07 Å². The highest BCUT2D eigenvalue weighted by molar-refractivity contribution is 6.13. The van der Waals surface area contributed by atoms with Crippen molar-refractivity contribution in [3.8, 4) is 39.3 Å². The molecule has 0 radical (unpaired) electrons. The predicted molar refractivity (Wildman–Crippen MR) is 159 cm³/mol. The third kappa shape index (κ3) is 3.13. The van der Waals surface area contributed by atoms with Crippen LogP contribution in [0.15, 0.2) is 126 Å². The highest BCUT2D eigenvalue weighted by Crippen LogP contribution is 2.54. The fourth-order valence-electron chi connectivity index (χ4n) is 6.28. The molecule has 0 spiro atoms. The highest BCUT2D eigenvalue weighted by Gasteiger charge is 2.42. The van der Waals surface area contributed by atoms with Crippen molar-refractivity contribution >= 4 is 22.0 Å². The standard InChI is InChI=1S/C36H26N2O/c1-36(2)28-19-11-9-17-26(28)32-33-34(39-35(32)36)27-18-10-12-20-30(27)38(33)31-22-25(23-13-5-3-6-14-23)21-29(37-31)24-15-7-4-8-16-24/h3-22H,1-2H3. The van der Waals surface area contributed by atoms with E-state index < -0.39 is 0 Å². The summed E-state index contributed by atoms with van der Waals surface area (Å²) in [6.07, 6.45) is 0. The lowest BCUT2D eigenvalue weighted by atomic mass is 9.86. The Morgan fingerprint density at radius 2 is 1.33 bits per heavy atom. The molecule has 4 aromatic carbocycles. The number of para-hydroxylation sites is 1. The van der Waals surface area contributed by atoms with E-state index in [1.165, 1.54) is 16.7 Å². The number of pyridine rings is 1. The number of rotatable bonds is 3. The number of aromatic nitrogens is 2. The van der Waals surface area contributed by atoms with Gasteiger partial charge in [0.15, 0.2) is 5.58 Å². The van der Waals surface area contributed by atoms with Crippen LogP contribution in [0.2, 0.25) is 0 Å². The SMILES string of the molecule is CC1(C)c2ccccc2-c2c1oc1c3ccccc3n(-c3cc(-c4ccccc4)cc(-c4ccccc4)n3)c21. The van der Waals surface area contributed by atoms with E-state index in [2.05, 4.69) is 134 Å². The van der Waals surface area contributed by atoms with Crippen molar-refractivity contribution < 1.29 is 4.42 Å². The van der Waals surface area contributed by atoms with Gasteiger partial charge in [-0.05, 0) is 60.4 Å². The Morgan fingerprint density at radius 1 is 0.667 bits per heavy atom. The molecule has 0 bridgehead atoms. The maximum atomic E-state index is 6.80. The summed E-state index contributed by atoms with van der Waals surface area (Å²) < 4.78 is 9.11. The second-order valence-corrected chi connectivity index (χ2v) is 10.8. The first-order valence-corrected chi connectivity index (χ1v) is 13.4. The monoisotopic (exact) mass is 502 g/mol. The molecule has 0 saturated heterocycles. The van der Waals surface area contributed by atoms with Crippen molar-refractivity contribution in [1.82, 2.24) is 9.55 Å². The van der Waals surface area contributed by atoms with E-state index >= 15 is 0 Å². The summed E-state index contributed by atoms with van der Waals surface area (Å²) in [5.41, 5.74) is 10.9. The second kappa shape index (κ2) is 8.05. The zero-order valence-electron chi connectivity index (χ0n) is 21.8. The van der Waals surface area contributed by atoms with Crippen molar-refractivity contribution in [3.05, 3.63) is 133 Å². The molecule has 3 heterocycles. The lowest BCUT2D eigenvalue weighted by molar-refractivity contribution is 0.466. The highest BCUT2D eigenvalue weighted by atomic mass is 16.3. The van der Waals surface area contributed by atoms with Gasteiger partial charge in [0.1, 0.15) is 17.1 Å². The Kier molecular flexibility index (Phi) is 4.57. The Balaban J connectivity index is 1.50. The normalized spacial score (nSPS) is 13.6. The summed E-state index contributed by atoms with van der Waals surface area (Å²) in [7, 11) is 0. The van der Waals surface area contributed by atoms with Gasteiger partial charge in [-0.15, -0.1) is 0 Å². The number of benzene rings is 4. The van der Waals surface area contributed by atoms with Crippen molar-refractivity contribution in [2.24, 2.45) is 0 Å². The molecule has 0 unspecified atom stereocenters. The van der Waals surface area contributed by atoms with Gasteiger partial charge in [0.25, 0.3) is 0 Å². The molecule has 3 heteroatoms. The molecular weight excluding hydrogens is 476 g/mol. The molecule has 1 aliphatic rings. The predicted octanol–water partition coefficient (Wildman–Crippen LogP) is 9.41. The molecule has 0 fully saturated rings. The van der Waals surface area contributed by atoms with Crippen LogP contribution in [-0.4, -0.2) is 9.55 Å². The Hall–Kier alpha value is -4.89. The molecule has 0 aliphatic heterocycles. The first-order chi connectivity index (χ1) is 19.1. The first-order valence-electron chi connectivity index (χ1n) is 13.4. The second-order valence-electron chi connectivity index (χ2n) is 10.8. The smallest absolute Gasteiger partial charge is 0.161 e. The molecular formula is C36H26N2O. The van der Waals surface area contributed by atoms with E-state index in [0.29, 0.717) is 0 Å². The van der Waals surface area contributed by atoms with Crippen LogP contribution in [0, 0.1) is 0 Å². The average Bonchev–Trinajstić information content (AvgIpc) is 3.60. The van der Waals surface area contributed by atoms with Crippen molar-refractivity contribution in [3.63, 3.8) is 0 Å². The van der Waals surface area contributed by atoms with Crippen molar-refractivity contribution in [2.75, 3.05) is 0 Å². The van der Waals surface area contributed by atoms with Gasteiger partial charge < -0.3 is 4.42 Å². The zero-order valence-corrected chi connectivity index (χ0v) is 21.8. The van der Waals surface area contributed by atoms with Crippen molar-refractivity contribution in [1.29, 1.82) is 0 Å². The maximum absolute atomic E-state index is 6.80. The van der Waals surface area contributed by atoms with Crippen LogP contribution in [0.3, 0.4) is 0 Å². The van der Waals surface area contributed by atoms with Crippen LogP contribution < -0.4 is 0 Å². The maximum Gasteiger partial charge on any atom is 0.161 e. The van der Waals surface area contributed by atoms with Crippen LogP contribution in [0.1, 0.15) is 25.2 Å². The van der Waals surface area contributed by atoms with Gasteiger partial charge in [-0.3, -0.25) is 4.57 Å². The van der Waals surface area contributed by atoms with E-state index in [0.717, 1.165) is 56.0 Å². The molecule has 8 rings (SSSR count). The molecule has 1 aliphatic carbocycles. The number of hydrogen-bond donors (Lipinski definition) is 0. The first kappa shape index (κ1) is 22.1. The van der Waals surface area contributed by atoms with Gasteiger partial charge >= 0.3 is 0 Å². The van der Waals surface area contributed by atoms with Gasteiger partial charge in [-0.25, -0.2) is 4.98 Å². The summed E-state index contributed by atoms with van der Waals surface area (Å²) >= 11 is 0. The quantitative estimate of drug-likeness (QED) is 0.241. The number of furan rings is 1. The van der Waals surface area contributed by atoms with E-state index in [1.54, 1.807) is 0 Å². The lowest BCUT2D eigenvalue weighted by Crippen LogP contribution is -2.14. The summed E-state index contributed by atoms with van der Waals surface area (Å²) in [6, 6.07) is 42.6. The molecule has 0 amide bonds. The van der Waals surface area contributed by atoms with E-state index in [9.17, 15) is 0 Å². The van der Waals surface area contributed by atoms with Crippen LogP contribution in [0.25, 0.3) is 61.3 Å². The van der Waals surface area contributed by atoms with Crippen LogP contribution in [0.4, 0.5) is 0 Å². The molecule has 3 aromatic heterocycles. The van der Waals surface area contributed by atoms with Gasteiger partial charge in [0.2, 0.25) is 0 Å². The fraction of sp³-hybridized carbons (Fsp3) is 0.0833. The van der Waals surface area contributed by atoms with Crippen LogP contribution in [-0.2, 0) is 5.41 Å². The molecule has 0 N–H and O–H groups in total. The molecule has 0 atom stereocenters. The molecule has 7 aromatic rings. The molecule has 39 heavy (non-hydrogen) atoms. The van der Waals surface area contributed by atoms with Crippen molar-refractivity contribution in [2.45, 2.75) is 19.3 Å². The third-order valence-electron chi connectivity index (χ3n) is 8.15. The third-order valence-corrected chi connectivity index (χ3v) is 8.15. The lowest BCUT2D eigenvalue weighted by Gasteiger charge is -2.18. The number of hydrogen-bond acceptors (Lipinski definition) is 2. The molecule has 0 saturated carbocycles. The van der Waals surface area contributed by atoms with Gasteiger partial charge in [0.05, 0.1) is 11.2 Å². The minimum Gasteiger partial charge on any atom is -0.457 e. The topological polar surface area (TPSA) is 31.0 Å². The Bertz CT molecular complexity index is 1970. The summed E-state index contributed by atoms with van der Waals surface area (Å²) in [5, 5.41) is 1.10. The average molecular weight is 503 g/mol. The van der Waals surface area contributed by atoms with E-state index in [4.69, 9.17) is 9.40 Å². The van der Waals surface area contributed by atoms with Gasteiger partial charge in [-0.2, -0.15) is 0 Å². The summed E-state index contributed by atoms with van der Waals surface area (Å²) in [6.45, 7) is 4.52. The zero-order chi connectivity index (χ0) is 26.1. The Morgan fingerprint density at radius 3 is 2.13 bits per heavy atom. The fourth-order valence-corrected chi connectivity index (χ4v) is 6.28. The number of nitrogens with zero attached hydrogens (tertiary/aromatic N) is 2. The van der Waals surface area contributed by atoms with Gasteiger partial charge in [0, 0.05) is 21.9 Å². The minimum absolute atomic E-state index is 0.217. The Labute approximate surface area is 227 Å². The van der Waals surface area contributed by atoms with Crippen LogP contribution >= 0.6 is 0 Å². The molecule has 186 valence electrons.